The zero-order valence-corrected chi connectivity index (χ0v) is 15.5. The van der Waals surface area contributed by atoms with Gasteiger partial charge in [-0.15, -0.1) is 5.10 Å². The SMILES string of the molecule is CC.Cc1nnc(NC(C)c2cccc(C(F)(F)F)c2)c2[nH]c(=O)ccc12. The van der Waals surface area contributed by atoms with Gasteiger partial charge in [-0.25, -0.2) is 0 Å². The van der Waals surface area contributed by atoms with Crippen LogP contribution in [0.4, 0.5) is 19.0 Å². The van der Waals surface area contributed by atoms with Crippen LogP contribution in [-0.2, 0) is 6.18 Å². The number of benzene rings is 1. The van der Waals surface area contributed by atoms with Crippen LogP contribution in [0.3, 0.4) is 0 Å². The van der Waals surface area contributed by atoms with Crippen LogP contribution in [0, 0.1) is 6.92 Å². The molecule has 8 heteroatoms. The Balaban J connectivity index is 0.00000126. The molecule has 2 heterocycles. The van der Waals surface area contributed by atoms with Crippen molar-refractivity contribution in [3.05, 3.63) is 63.6 Å². The molecule has 144 valence electrons. The number of H-pyrrole nitrogens is 1. The van der Waals surface area contributed by atoms with Crippen LogP contribution < -0.4 is 10.9 Å². The van der Waals surface area contributed by atoms with Gasteiger partial charge in [0.1, 0.15) is 0 Å². The van der Waals surface area contributed by atoms with Crippen molar-refractivity contribution in [1.29, 1.82) is 0 Å². The molecule has 2 N–H and O–H groups in total. The van der Waals surface area contributed by atoms with Gasteiger partial charge in [-0.2, -0.15) is 18.3 Å². The first kappa shape index (κ1) is 20.4. The molecule has 0 aliphatic heterocycles. The summed E-state index contributed by atoms with van der Waals surface area (Å²) >= 11 is 0. The van der Waals surface area contributed by atoms with E-state index in [1.165, 1.54) is 12.1 Å². The summed E-state index contributed by atoms with van der Waals surface area (Å²) in [6.07, 6.45) is -4.41. The Bertz CT molecular complexity index is 983. The van der Waals surface area contributed by atoms with Crippen LogP contribution in [0.1, 0.15) is 43.6 Å². The van der Waals surface area contributed by atoms with Gasteiger partial charge >= 0.3 is 6.18 Å². The fourth-order valence-electron chi connectivity index (χ4n) is 2.57. The standard InChI is InChI=1S/C17H15F3N4O.C2H6/c1-9(11-4-3-5-12(8-11)17(18,19)20)21-16-15-13(10(2)23-24-16)6-7-14(25)22-15;1-2/h3-9H,1-2H3,(H,21,24)(H,22,25);1-2H3. The Morgan fingerprint density at radius 2 is 1.81 bits per heavy atom. The Labute approximate surface area is 154 Å². The van der Waals surface area contributed by atoms with Crippen molar-refractivity contribution in [3.63, 3.8) is 0 Å². The summed E-state index contributed by atoms with van der Waals surface area (Å²) < 4.78 is 38.6. The number of pyridine rings is 1. The van der Waals surface area contributed by atoms with Gasteiger partial charge in [0, 0.05) is 11.5 Å². The second-order valence-corrected chi connectivity index (χ2v) is 5.73. The van der Waals surface area contributed by atoms with Crippen molar-refractivity contribution >= 4 is 16.7 Å². The molecule has 1 aromatic carbocycles. The number of aryl methyl sites for hydroxylation is 1. The topological polar surface area (TPSA) is 70.7 Å². The molecule has 0 spiro atoms. The van der Waals surface area contributed by atoms with E-state index < -0.39 is 17.8 Å². The molecule has 0 saturated carbocycles. The van der Waals surface area contributed by atoms with Gasteiger partial charge < -0.3 is 10.3 Å². The normalized spacial score (nSPS) is 12.3. The Kier molecular flexibility index (Phi) is 6.20. The Morgan fingerprint density at radius 1 is 1.11 bits per heavy atom. The first-order valence-corrected chi connectivity index (χ1v) is 8.56. The summed E-state index contributed by atoms with van der Waals surface area (Å²) in [5, 5.41) is 11.8. The summed E-state index contributed by atoms with van der Waals surface area (Å²) in [6, 6.07) is 7.62. The van der Waals surface area contributed by atoms with Crippen molar-refractivity contribution in [2.75, 3.05) is 5.32 Å². The van der Waals surface area contributed by atoms with E-state index in [0.717, 1.165) is 12.1 Å². The molecule has 27 heavy (non-hydrogen) atoms. The maximum atomic E-state index is 12.9. The zero-order chi connectivity index (χ0) is 20.2. The zero-order valence-electron chi connectivity index (χ0n) is 15.5. The van der Waals surface area contributed by atoms with E-state index in [0.29, 0.717) is 28.0 Å². The van der Waals surface area contributed by atoms with Crippen LogP contribution in [0.5, 0.6) is 0 Å². The van der Waals surface area contributed by atoms with E-state index in [4.69, 9.17) is 0 Å². The van der Waals surface area contributed by atoms with E-state index in [1.807, 2.05) is 13.8 Å². The lowest BCUT2D eigenvalue weighted by molar-refractivity contribution is -0.137. The first-order valence-electron chi connectivity index (χ1n) is 8.56. The van der Waals surface area contributed by atoms with Crippen LogP contribution in [0.25, 0.3) is 10.9 Å². The van der Waals surface area contributed by atoms with Gasteiger partial charge in [-0.1, -0.05) is 26.0 Å². The minimum Gasteiger partial charge on any atom is -0.360 e. The molecule has 0 radical (unpaired) electrons. The molecular formula is C19H21F3N4O. The summed E-state index contributed by atoms with van der Waals surface area (Å²) in [7, 11) is 0. The Morgan fingerprint density at radius 3 is 2.48 bits per heavy atom. The fourth-order valence-corrected chi connectivity index (χ4v) is 2.57. The number of rotatable bonds is 3. The Hall–Kier alpha value is -2.90. The van der Waals surface area contributed by atoms with Gasteiger partial charge in [0.05, 0.1) is 22.8 Å². The second-order valence-electron chi connectivity index (χ2n) is 5.73. The quantitative estimate of drug-likeness (QED) is 0.684. The highest BCUT2D eigenvalue weighted by atomic mass is 19.4. The summed E-state index contributed by atoms with van der Waals surface area (Å²) in [4.78, 5) is 14.3. The molecule has 0 aliphatic rings. The lowest BCUT2D eigenvalue weighted by atomic mass is 10.0. The van der Waals surface area contributed by atoms with Crippen LogP contribution in [0.15, 0.2) is 41.2 Å². The van der Waals surface area contributed by atoms with E-state index in [-0.39, 0.29) is 5.56 Å². The van der Waals surface area contributed by atoms with Crippen LogP contribution >= 0.6 is 0 Å². The smallest absolute Gasteiger partial charge is 0.360 e. The summed E-state index contributed by atoms with van der Waals surface area (Å²) in [5.74, 6) is 0.309. The average molecular weight is 378 g/mol. The number of anilines is 1. The molecule has 0 fully saturated rings. The highest BCUT2D eigenvalue weighted by Gasteiger charge is 2.30. The third kappa shape index (κ3) is 4.64. The number of hydrogen-bond acceptors (Lipinski definition) is 4. The predicted molar refractivity (Wildman–Crippen MR) is 99.7 cm³/mol. The molecule has 1 atom stereocenters. The minimum atomic E-state index is -4.41. The molecule has 0 saturated heterocycles. The number of hydrogen-bond donors (Lipinski definition) is 2. The van der Waals surface area contributed by atoms with E-state index in [2.05, 4.69) is 20.5 Å². The molecular weight excluding hydrogens is 357 g/mol. The number of aromatic nitrogens is 3. The summed E-state index contributed by atoms with van der Waals surface area (Å²) in [6.45, 7) is 7.47. The number of alkyl halides is 3. The molecule has 0 bridgehead atoms. The number of halogens is 3. The number of nitrogens with one attached hydrogen (secondary N) is 2. The maximum absolute atomic E-state index is 12.9. The molecule has 3 aromatic rings. The van der Waals surface area contributed by atoms with E-state index in [9.17, 15) is 18.0 Å². The van der Waals surface area contributed by atoms with Crippen LogP contribution in [0.2, 0.25) is 0 Å². The highest BCUT2D eigenvalue weighted by molar-refractivity contribution is 5.89. The largest absolute Gasteiger partial charge is 0.416 e. The molecule has 0 aliphatic carbocycles. The minimum absolute atomic E-state index is 0.297. The summed E-state index contributed by atoms with van der Waals surface area (Å²) in [5.41, 5.74) is 0.549. The molecule has 1 unspecified atom stereocenters. The number of aromatic amines is 1. The maximum Gasteiger partial charge on any atom is 0.416 e. The van der Waals surface area contributed by atoms with Gasteiger partial charge in [0.15, 0.2) is 5.82 Å². The monoisotopic (exact) mass is 378 g/mol. The van der Waals surface area contributed by atoms with E-state index in [1.54, 1.807) is 26.0 Å². The predicted octanol–water partition coefficient (Wildman–Crippen LogP) is 4.84. The van der Waals surface area contributed by atoms with Crippen LogP contribution in [-0.4, -0.2) is 15.2 Å². The van der Waals surface area contributed by atoms with E-state index >= 15 is 0 Å². The molecule has 0 amide bonds. The first-order chi connectivity index (χ1) is 12.8. The average Bonchev–Trinajstić information content (AvgIpc) is 2.65. The van der Waals surface area contributed by atoms with Crippen molar-refractivity contribution in [2.45, 2.75) is 39.9 Å². The van der Waals surface area contributed by atoms with Gasteiger partial charge in [0.2, 0.25) is 5.56 Å². The lowest BCUT2D eigenvalue weighted by Gasteiger charge is -2.17. The molecule has 2 aromatic heterocycles. The highest BCUT2D eigenvalue weighted by Crippen LogP contribution is 2.31. The molecule has 3 rings (SSSR count). The third-order valence-electron chi connectivity index (χ3n) is 3.91. The van der Waals surface area contributed by atoms with Crippen molar-refractivity contribution in [2.24, 2.45) is 0 Å². The van der Waals surface area contributed by atoms with Crippen molar-refractivity contribution in [3.8, 4) is 0 Å². The van der Waals surface area contributed by atoms with Crippen molar-refractivity contribution in [1.82, 2.24) is 15.2 Å². The van der Waals surface area contributed by atoms with Gasteiger partial charge in [-0.3, -0.25) is 4.79 Å². The van der Waals surface area contributed by atoms with Gasteiger partial charge in [-0.05, 0) is 37.6 Å². The molecule has 5 nitrogen and oxygen atoms in total. The number of nitrogens with zero attached hydrogens (tertiary/aromatic N) is 2. The lowest BCUT2D eigenvalue weighted by Crippen LogP contribution is -2.13. The number of fused-ring (bicyclic) bond motifs is 1. The van der Waals surface area contributed by atoms with Crippen molar-refractivity contribution < 1.29 is 13.2 Å². The van der Waals surface area contributed by atoms with Gasteiger partial charge in [0.25, 0.3) is 0 Å². The fraction of sp³-hybridized carbons (Fsp3) is 0.316. The second kappa shape index (κ2) is 8.20. The third-order valence-corrected chi connectivity index (χ3v) is 3.91.